The maximum atomic E-state index is 12.1. The van der Waals surface area contributed by atoms with Crippen molar-refractivity contribution in [3.8, 4) is 5.75 Å². The number of hydrogen-bond acceptors (Lipinski definition) is 3. The second-order valence-electron chi connectivity index (χ2n) is 4.94. The van der Waals surface area contributed by atoms with Crippen LogP contribution < -0.4 is 15.6 Å². The highest BCUT2D eigenvalue weighted by atomic mass is 35.5. The van der Waals surface area contributed by atoms with Gasteiger partial charge in [0.05, 0.1) is 17.2 Å². The molecule has 6 heteroatoms. The van der Waals surface area contributed by atoms with Crippen LogP contribution in [-0.2, 0) is 6.42 Å². The smallest absolute Gasteiger partial charge is 0.265 e. The Labute approximate surface area is 145 Å². The molecule has 0 aromatic heterocycles. The molecule has 0 heterocycles. The van der Waals surface area contributed by atoms with E-state index in [1.54, 1.807) is 0 Å². The highest BCUT2D eigenvalue weighted by Crippen LogP contribution is 2.33. The number of nitrogens with one attached hydrogen (secondary N) is 2. The van der Waals surface area contributed by atoms with Gasteiger partial charge in [-0.25, -0.2) is 5.43 Å². The number of aryl methyl sites for hydroxylation is 1. The quantitative estimate of drug-likeness (QED) is 0.587. The average molecular weight is 353 g/mol. The number of carbonyl (C=O) groups is 1. The predicted octanol–water partition coefficient (Wildman–Crippen LogP) is 3.87. The molecule has 2 aromatic carbocycles. The molecule has 1 amide bonds. The molecule has 0 bridgehead atoms. The number of amides is 1. The zero-order valence-corrected chi connectivity index (χ0v) is 14.2. The third-order valence-corrected chi connectivity index (χ3v) is 3.84. The topological polar surface area (TPSA) is 50.4 Å². The first-order chi connectivity index (χ1) is 11.1. The molecule has 0 aliphatic rings. The second kappa shape index (κ2) is 8.77. The van der Waals surface area contributed by atoms with E-state index in [0.29, 0.717) is 27.9 Å². The fourth-order valence-electron chi connectivity index (χ4n) is 2.13. The molecule has 0 saturated carbocycles. The van der Waals surface area contributed by atoms with Gasteiger partial charge in [0, 0.05) is 12.1 Å². The molecular formula is C17H18Cl2N2O2. The van der Waals surface area contributed by atoms with Crippen LogP contribution in [0.1, 0.15) is 22.3 Å². The Bertz CT molecular complexity index is 640. The van der Waals surface area contributed by atoms with Crippen LogP contribution in [-0.4, -0.2) is 19.6 Å². The van der Waals surface area contributed by atoms with Crippen molar-refractivity contribution in [2.75, 3.05) is 13.7 Å². The summed E-state index contributed by atoms with van der Waals surface area (Å²) >= 11 is 12.0. The second-order valence-corrected chi connectivity index (χ2v) is 5.76. The Hall–Kier alpha value is -1.75. The first-order valence-corrected chi connectivity index (χ1v) is 7.97. The number of ether oxygens (including phenoxy) is 1. The highest BCUT2D eigenvalue weighted by molar-refractivity contribution is 6.37. The van der Waals surface area contributed by atoms with E-state index in [1.807, 2.05) is 18.2 Å². The van der Waals surface area contributed by atoms with Crippen molar-refractivity contribution in [3.05, 3.63) is 63.6 Å². The molecular weight excluding hydrogens is 335 g/mol. The minimum absolute atomic E-state index is 0.295. The molecule has 0 spiro atoms. The Kier molecular flexibility index (Phi) is 6.71. The summed E-state index contributed by atoms with van der Waals surface area (Å²) in [6.45, 7) is 0.665. The van der Waals surface area contributed by atoms with Crippen LogP contribution in [0.25, 0.3) is 0 Å². The molecule has 4 nitrogen and oxygen atoms in total. The van der Waals surface area contributed by atoms with Crippen molar-refractivity contribution in [2.45, 2.75) is 12.8 Å². The van der Waals surface area contributed by atoms with Crippen molar-refractivity contribution in [1.29, 1.82) is 0 Å². The van der Waals surface area contributed by atoms with E-state index < -0.39 is 0 Å². The van der Waals surface area contributed by atoms with Gasteiger partial charge < -0.3 is 4.74 Å². The summed E-state index contributed by atoms with van der Waals surface area (Å²) in [5.41, 5.74) is 7.18. The van der Waals surface area contributed by atoms with E-state index in [9.17, 15) is 4.79 Å². The molecule has 0 saturated heterocycles. The van der Waals surface area contributed by atoms with Gasteiger partial charge in [-0.05, 0) is 30.5 Å². The third kappa shape index (κ3) is 5.13. The SMILES string of the molecule is COc1c(Cl)cc(C(=O)NNCCCc2ccccc2)cc1Cl. The fourth-order valence-corrected chi connectivity index (χ4v) is 2.77. The molecule has 2 aromatic rings. The van der Waals surface area contributed by atoms with Gasteiger partial charge in [-0.2, -0.15) is 0 Å². The van der Waals surface area contributed by atoms with Crippen molar-refractivity contribution < 1.29 is 9.53 Å². The summed E-state index contributed by atoms with van der Waals surface area (Å²) in [6.07, 6.45) is 1.86. The van der Waals surface area contributed by atoms with Gasteiger partial charge in [0.15, 0.2) is 5.75 Å². The van der Waals surface area contributed by atoms with Crippen molar-refractivity contribution in [3.63, 3.8) is 0 Å². The first-order valence-electron chi connectivity index (χ1n) is 7.22. The highest BCUT2D eigenvalue weighted by Gasteiger charge is 2.13. The fraction of sp³-hybridized carbons (Fsp3) is 0.235. The van der Waals surface area contributed by atoms with Gasteiger partial charge >= 0.3 is 0 Å². The van der Waals surface area contributed by atoms with Crippen molar-refractivity contribution >= 4 is 29.1 Å². The van der Waals surface area contributed by atoms with Crippen LogP contribution in [0, 0.1) is 0 Å². The average Bonchev–Trinajstić information content (AvgIpc) is 2.55. The summed E-state index contributed by atoms with van der Waals surface area (Å²) in [7, 11) is 1.47. The predicted molar refractivity (Wildman–Crippen MR) is 93.2 cm³/mol. The zero-order valence-electron chi connectivity index (χ0n) is 12.7. The molecule has 122 valence electrons. The van der Waals surface area contributed by atoms with Crippen molar-refractivity contribution in [2.24, 2.45) is 0 Å². The van der Waals surface area contributed by atoms with Gasteiger partial charge in [0.25, 0.3) is 5.91 Å². The standard InChI is InChI=1S/C17H18Cl2N2O2/c1-23-16-14(18)10-13(11-15(16)19)17(22)21-20-9-5-8-12-6-3-2-4-7-12/h2-4,6-7,10-11,20H,5,8-9H2,1H3,(H,21,22). The number of methoxy groups -OCH3 is 1. The Morgan fingerprint density at radius 2 is 1.78 bits per heavy atom. The number of hydrogen-bond donors (Lipinski definition) is 2. The molecule has 2 rings (SSSR count). The maximum Gasteiger partial charge on any atom is 0.265 e. The minimum atomic E-state index is -0.295. The molecule has 0 aliphatic heterocycles. The van der Waals surface area contributed by atoms with Gasteiger partial charge in [0.1, 0.15) is 0 Å². The summed E-state index contributed by atoms with van der Waals surface area (Å²) in [6, 6.07) is 13.2. The van der Waals surface area contributed by atoms with Crippen LogP contribution in [0.5, 0.6) is 5.75 Å². The van der Waals surface area contributed by atoms with E-state index in [1.165, 1.54) is 24.8 Å². The lowest BCUT2D eigenvalue weighted by Gasteiger charge is -2.10. The van der Waals surface area contributed by atoms with E-state index >= 15 is 0 Å². The molecule has 23 heavy (non-hydrogen) atoms. The lowest BCUT2D eigenvalue weighted by Crippen LogP contribution is -2.38. The molecule has 2 N–H and O–H groups in total. The molecule has 0 atom stereocenters. The Morgan fingerprint density at radius 1 is 1.13 bits per heavy atom. The number of carbonyl (C=O) groups excluding carboxylic acids is 1. The van der Waals surface area contributed by atoms with E-state index in [2.05, 4.69) is 23.0 Å². The lowest BCUT2D eigenvalue weighted by molar-refractivity contribution is 0.0933. The van der Waals surface area contributed by atoms with Gasteiger partial charge in [-0.3, -0.25) is 10.2 Å². The molecule has 0 unspecified atom stereocenters. The van der Waals surface area contributed by atoms with Crippen LogP contribution in [0.4, 0.5) is 0 Å². The molecule has 0 fully saturated rings. The van der Waals surface area contributed by atoms with Crippen molar-refractivity contribution in [1.82, 2.24) is 10.9 Å². The van der Waals surface area contributed by atoms with Gasteiger partial charge in [0.2, 0.25) is 0 Å². The first kappa shape index (κ1) is 17.6. The molecule has 0 aliphatic carbocycles. The Balaban J connectivity index is 1.79. The number of rotatable bonds is 7. The third-order valence-electron chi connectivity index (χ3n) is 3.28. The largest absolute Gasteiger partial charge is 0.494 e. The summed E-state index contributed by atoms with van der Waals surface area (Å²) in [4.78, 5) is 12.1. The maximum absolute atomic E-state index is 12.1. The normalized spacial score (nSPS) is 10.4. The number of benzene rings is 2. The number of halogens is 2. The van der Waals surface area contributed by atoms with Crippen LogP contribution in [0.3, 0.4) is 0 Å². The zero-order chi connectivity index (χ0) is 16.7. The van der Waals surface area contributed by atoms with Crippen LogP contribution in [0.2, 0.25) is 10.0 Å². The van der Waals surface area contributed by atoms with Gasteiger partial charge in [-0.15, -0.1) is 0 Å². The summed E-state index contributed by atoms with van der Waals surface area (Å²) in [5, 5.41) is 0.600. The monoisotopic (exact) mass is 352 g/mol. The minimum Gasteiger partial charge on any atom is -0.494 e. The molecule has 0 radical (unpaired) electrons. The van der Waals surface area contributed by atoms with Crippen LogP contribution in [0.15, 0.2) is 42.5 Å². The van der Waals surface area contributed by atoms with Crippen LogP contribution >= 0.6 is 23.2 Å². The lowest BCUT2D eigenvalue weighted by atomic mass is 10.1. The summed E-state index contributed by atoms with van der Waals surface area (Å²) in [5.74, 6) is 0.0665. The van der Waals surface area contributed by atoms with E-state index in [-0.39, 0.29) is 5.91 Å². The summed E-state index contributed by atoms with van der Waals surface area (Å²) < 4.78 is 5.05. The Morgan fingerprint density at radius 3 is 2.39 bits per heavy atom. The number of hydrazine groups is 1. The van der Waals surface area contributed by atoms with Gasteiger partial charge in [-0.1, -0.05) is 53.5 Å². The van der Waals surface area contributed by atoms with E-state index in [4.69, 9.17) is 27.9 Å². The van der Waals surface area contributed by atoms with E-state index in [0.717, 1.165) is 12.8 Å².